The van der Waals surface area contributed by atoms with Gasteiger partial charge in [0.1, 0.15) is 0 Å². The molecule has 0 bridgehead atoms. The van der Waals surface area contributed by atoms with Crippen LogP contribution in [0.4, 0.5) is 0 Å². The molecule has 0 fully saturated rings. The maximum atomic E-state index is 10.1. The van der Waals surface area contributed by atoms with E-state index in [1.54, 1.807) is 0 Å². The molecule has 0 aliphatic carbocycles. The van der Waals surface area contributed by atoms with E-state index in [1.165, 1.54) is 76.0 Å². The molecule has 0 unspecified atom stereocenters. The van der Waals surface area contributed by atoms with Gasteiger partial charge < -0.3 is 0 Å². The molecule has 0 saturated carbocycles. The van der Waals surface area contributed by atoms with Gasteiger partial charge in [-0.2, -0.15) is 0 Å². The van der Waals surface area contributed by atoms with E-state index < -0.39 is 6.60 Å². The van der Waals surface area contributed by atoms with Crippen molar-refractivity contribution in [3.8, 4) is 5.81 Å². The average Bonchev–Trinajstić information content (AvgIpc) is 2.47. The average molecular weight is 285 g/mol. The van der Waals surface area contributed by atoms with Crippen LogP contribution in [0.1, 0.15) is 79.1 Å². The zero-order valence-corrected chi connectivity index (χ0v) is 14.8. The molecule has 0 saturated heterocycles. The van der Waals surface area contributed by atoms with Crippen LogP contribution in [0.3, 0.4) is 0 Å². The molecule has 19 heavy (non-hydrogen) atoms. The van der Waals surface area contributed by atoms with Gasteiger partial charge in [0.05, 0.1) is 0 Å². The Morgan fingerprint density at radius 2 is 0.895 bits per heavy atom. The van der Waals surface area contributed by atoms with E-state index in [1.807, 2.05) is 0 Å². The molecule has 0 aliphatic heterocycles. The predicted octanol–water partition coefficient (Wildman–Crippen LogP) is 6.22. The molecule has 0 aromatic heterocycles. The molecule has 2 heteroatoms. The van der Waals surface area contributed by atoms with E-state index in [0.29, 0.717) is 0 Å². The van der Waals surface area contributed by atoms with Crippen LogP contribution >= 0.6 is 6.60 Å². The number of rotatable bonds is 12. The fourth-order valence-electron chi connectivity index (χ4n) is 3.16. The Morgan fingerprint density at radius 3 is 1.05 bits per heavy atom. The fraction of sp³-hybridized carbons (Fsp3) is 0.941. The summed E-state index contributed by atoms with van der Waals surface area (Å²) >= 11 is 0. The van der Waals surface area contributed by atoms with Gasteiger partial charge in [0.2, 0.25) is 0 Å². The summed E-state index contributed by atoms with van der Waals surface area (Å²) in [6.07, 6.45) is 15.0. The second-order valence-electron chi connectivity index (χ2n) is 6.38. The van der Waals surface area contributed by atoms with Crippen LogP contribution in [0.2, 0.25) is 0 Å². The van der Waals surface area contributed by atoms with Gasteiger partial charge in [-0.3, -0.25) is 0 Å². The minimum atomic E-state index is -2.08. The maximum absolute atomic E-state index is 10.1. The molecular formula is C17H36NP. The quantitative estimate of drug-likeness (QED) is 0.390. The first-order valence-electron chi connectivity index (χ1n) is 8.54. The van der Waals surface area contributed by atoms with Crippen LogP contribution in [0.25, 0.3) is 0 Å². The summed E-state index contributed by atoms with van der Waals surface area (Å²) in [5.41, 5.74) is 0. The van der Waals surface area contributed by atoms with Gasteiger partial charge in [0, 0.05) is 0 Å². The van der Waals surface area contributed by atoms with Crippen LogP contribution in [0.5, 0.6) is 0 Å². The summed E-state index contributed by atoms with van der Waals surface area (Å²) in [6, 6.07) is 0. The van der Waals surface area contributed by atoms with E-state index in [2.05, 4.69) is 33.5 Å². The van der Waals surface area contributed by atoms with Crippen molar-refractivity contribution in [3.05, 3.63) is 0 Å². The van der Waals surface area contributed by atoms with Crippen LogP contribution in [0.15, 0.2) is 0 Å². The van der Waals surface area contributed by atoms with Crippen LogP contribution in [-0.2, 0) is 0 Å². The third-order valence-electron chi connectivity index (χ3n) is 4.67. The number of hydrogen-bond donors (Lipinski definition) is 0. The number of hydrogen-bond acceptors (Lipinski definition) is 1. The molecular weight excluding hydrogens is 249 g/mol. The van der Waals surface area contributed by atoms with Gasteiger partial charge in [-0.15, -0.1) is 0 Å². The van der Waals surface area contributed by atoms with Crippen molar-refractivity contribution in [1.29, 1.82) is 5.26 Å². The topological polar surface area (TPSA) is 23.8 Å². The van der Waals surface area contributed by atoms with Crippen molar-refractivity contribution in [3.63, 3.8) is 0 Å². The van der Waals surface area contributed by atoms with Gasteiger partial charge in [-0.1, -0.05) is 0 Å². The van der Waals surface area contributed by atoms with Gasteiger partial charge in [-0.05, 0) is 0 Å². The van der Waals surface area contributed by atoms with Crippen LogP contribution in [0, 0.1) is 11.1 Å². The fourth-order valence-corrected chi connectivity index (χ4v) is 9.48. The summed E-state index contributed by atoms with van der Waals surface area (Å²) in [7, 11) is 0. The SMILES string of the molecule is CCCCP(C#N)(CCCC)(CCCC)CCCC. The number of unbranched alkanes of at least 4 members (excludes halogenated alkanes) is 4. The van der Waals surface area contributed by atoms with Crippen molar-refractivity contribution in [2.45, 2.75) is 79.1 Å². The van der Waals surface area contributed by atoms with E-state index in [9.17, 15) is 5.26 Å². The summed E-state index contributed by atoms with van der Waals surface area (Å²) in [5.74, 6) is 3.00. The Kier molecular flexibility index (Phi) is 9.72. The molecule has 0 aromatic carbocycles. The molecule has 0 heterocycles. The molecule has 0 radical (unpaired) electrons. The summed E-state index contributed by atoms with van der Waals surface area (Å²) in [4.78, 5) is 0. The number of nitrogens with zero attached hydrogens (tertiary/aromatic N) is 1. The van der Waals surface area contributed by atoms with Gasteiger partial charge in [-0.25, -0.2) is 0 Å². The van der Waals surface area contributed by atoms with Crippen LogP contribution < -0.4 is 0 Å². The number of nitriles is 1. The first kappa shape index (κ1) is 18.9. The molecule has 0 aromatic rings. The van der Waals surface area contributed by atoms with E-state index in [-0.39, 0.29) is 0 Å². The first-order valence-corrected chi connectivity index (χ1v) is 11.5. The predicted molar refractivity (Wildman–Crippen MR) is 91.6 cm³/mol. The Balaban J connectivity index is 5.18. The Morgan fingerprint density at radius 1 is 0.632 bits per heavy atom. The van der Waals surface area contributed by atoms with Crippen molar-refractivity contribution < 1.29 is 0 Å². The molecule has 0 rings (SSSR count). The minimum absolute atomic E-state index is 1.24. The molecule has 0 amide bonds. The Labute approximate surface area is 122 Å². The molecule has 114 valence electrons. The summed E-state index contributed by atoms with van der Waals surface area (Å²) in [5, 5.41) is 10.1. The van der Waals surface area contributed by atoms with E-state index >= 15 is 0 Å². The summed E-state index contributed by atoms with van der Waals surface area (Å²) < 4.78 is 0. The van der Waals surface area contributed by atoms with Crippen molar-refractivity contribution >= 4 is 6.60 Å². The zero-order valence-electron chi connectivity index (χ0n) is 13.9. The summed E-state index contributed by atoms with van der Waals surface area (Å²) in [6.45, 7) is 6.98. The van der Waals surface area contributed by atoms with Crippen LogP contribution in [-0.4, -0.2) is 24.6 Å². The van der Waals surface area contributed by atoms with E-state index in [0.717, 1.165) is 0 Å². The van der Waals surface area contributed by atoms with Crippen molar-refractivity contribution in [2.24, 2.45) is 0 Å². The first-order chi connectivity index (χ1) is 9.12. The third kappa shape index (κ3) is 5.83. The molecule has 0 aliphatic rings. The second-order valence-corrected chi connectivity index (χ2v) is 12.3. The molecule has 0 N–H and O–H groups in total. The molecule has 0 atom stereocenters. The van der Waals surface area contributed by atoms with Crippen molar-refractivity contribution in [1.82, 2.24) is 0 Å². The Hall–Kier alpha value is -0.0800. The second kappa shape index (κ2) is 9.77. The Bertz CT molecular complexity index is 223. The van der Waals surface area contributed by atoms with Gasteiger partial charge in [0.25, 0.3) is 0 Å². The normalized spacial score (nSPS) is 13.7. The van der Waals surface area contributed by atoms with E-state index in [4.69, 9.17) is 0 Å². The molecule has 0 spiro atoms. The third-order valence-corrected chi connectivity index (χ3v) is 11.2. The van der Waals surface area contributed by atoms with Crippen molar-refractivity contribution in [2.75, 3.05) is 24.6 Å². The van der Waals surface area contributed by atoms with Gasteiger partial charge >= 0.3 is 121 Å². The molecule has 1 nitrogen and oxygen atoms in total. The van der Waals surface area contributed by atoms with Gasteiger partial charge in [0.15, 0.2) is 0 Å². The monoisotopic (exact) mass is 285 g/mol. The zero-order chi connectivity index (χ0) is 14.6. The standard InChI is InChI=1S/C17H36NP/c1-5-9-13-19(17-18,14-10-6-2,15-11-7-3)16-12-8-4/h5-16H2,1-4H3.